The van der Waals surface area contributed by atoms with Crippen LogP contribution in [0, 0.1) is 0 Å². The van der Waals surface area contributed by atoms with Crippen LogP contribution in [0.5, 0.6) is 17.2 Å². The van der Waals surface area contributed by atoms with E-state index in [1.54, 1.807) is 61.7 Å². The number of aromatic nitrogens is 1. The molecule has 0 aliphatic carbocycles. The van der Waals surface area contributed by atoms with Crippen LogP contribution >= 0.6 is 39.1 Å². The second kappa shape index (κ2) is 12.7. The third-order valence-electron chi connectivity index (χ3n) is 6.29. The van der Waals surface area contributed by atoms with Crippen LogP contribution in [0.3, 0.4) is 0 Å². The Morgan fingerprint density at radius 2 is 1.67 bits per heavy atom. The molecule has 0 unspecified atom stereocenters. The van der Waals surface area contributed by atoms with E-state index in [1.807, 2.05) is 24.3 Å². The Bertz CT molecular complexity index is 1840. The van der Waals surface area contributed by atoms with E-state index in [4.69, 9.17) is 37.4 Å². The molecular formula is C31H22BrCl2N3O5. The minimum atomic E-state index is -0.551. The molecule has 5 rings (SSSR count). The van der Waals surface area contributed by atoms with E-state index in [9.17, 15) is 9.59 Å². The average Bonchev–Trinajstić information content (AvgIpc) is 3.37. The van der Waals surface area contributed by atoms with Crippen molar-refractivity contribution in [2.24, 2.45) is 5.10 Å². The van der Waals surface area contributed by atoms with E-state index in [-0.39, 0.29) is 11.4 Å². The van der Waals surface area contributed by atoms with Crippen LogP contribution in [-0.2, 0) is 0 Å². The van der Waals surface area contributed by atoms with Gasteiger partial charge in [-0.05, 0) is 66.2 Å². The quantitative estimate of drug-likeness (QED) is 0.0759. The van der Waals surface area contributed by atoms with Crippen LogP contribution in [0.4, 0.5) is 0 Å². The van der Waals surface area contributed by atoms with E-state index in [0.29, 0.717) is 49.3 Å². The molecule has 1 heterocycles. The second-order valence-corrected chi connectivity index (χ2v) is 10.6. The molecular weight excluding hydrogens is 645 g/mol. The molecule has 8 nitrogen and oxygen atoms in total. The number of fused-ring (bicyclic) bond motifs is 1. The smallest absolute Gasteiger partial charge is 0.343 e. The zero-order valence-corrected chi connectivity index (χ0v) is 25.3. The highest BCUT2D eigenvalue weighted by Gasteiger charge is 2.22. The molecule has 0 saturated heterocycles. The van der Waals surface area contributed by atoms with Crippen molar-refractivity contribution in [1.29, 1.82) is 0 Å². The molecule has 42 heavy (non-hydrogen) atoms. The van der Waals surface area contributed by atoms with Gasteiger partial charge in [0.2, 0.25) is 0 Å². The molecule has 11 heteroatoms. The van der Waals surface area contributed by atoms with Crippen LogP contribution in [0.2, 0.25) is 10.0 Å². The van der Waals surface area contributed by atoms with Crippen molar-refractivity contribution in [3.8, 4) is 28.4 Å². The van der Waals surface area contributed by atoms with Crippen LogP contribution in [-0.4, -0.2) is 37.3 Å². The van der Waals surface area contributed by atoms with Gasteiger partial charge in [-0.25, -0.2) is 10.2 Å². The summed E-state index contributed by atoms with van der Waals surface area (Å²) in [6, 6.07) is 22.3. The number of esters is 1. The van der Waals surface area contributed by atoms with Crippen molar-refractivity contribution in [2.45, 2.75) is 0 Å². The number of carbonyl (C=O) groups is 2. The lowest BCUT2D eigenvalue weighted by Gasteiger charge is -2.10. The van der Waals surface area contributed by atoms with Gasteiger partial charge in [0.15, 0.2) is 11.5 Å². The number of aromatic amines is 1. The number of nitrogens with zero attached hydrogens (tertiary/aromatic N) is 1. The van der Waals surface area contributed by atoms with Gasteiger partial charge in [-0.1, -0.05) is 57.3 Å². The first-order chi connectivity index (χ1) is 20.3. The normalized spacial score (nSPS) is 11.1. The van der Waals surface area contributed by atoms with Gasteiger partial charge >= 0.3 is 5.97 Å². The number of nitrogens with one attached hydrogen (secondary N) is 2. The summed E-state index contributed by atoms with van der Waals surface area (Å²) in [5.74, 6) is 0.112. The summed E-state index contributed by atoms with van der Waals surface area (Å²) in [7, 11) is 3.00. The third kappa shape index (κ3) is 6.13. The van der Waals surface area contributed by atoms with Gasteiger partial charge in [0.1, 0.15) is 11.4 Å². The van der Waals surface area contributed by atoms with Crippen LogP contribution in [0.15, 0.2) is 88.4 Å². The second-order valence-electron chi connectivity index (χ2n) is 8.89. The number of methoxy groups -OCH3 is 2. The highest BCUT2D eigenvalue weighted by Crippen LogP contribution is 2.40. The standard InChI is InChI=1S/C31H22BrCl2N3O5/c1-40-20-10-8-18(9-11-20)31(39)42-25-12-7-17(13-26(25)41-2)16-35-37-30(38)29-27(21-5-3-4-6-23(21)33)22-14-19(32)15-24(34)28(22)36-29/h3-16,36H,1-2H3,(H,37,38). The zero-order chi connectivity index (χ0) is 29.8. The summed E-state index contributed by atoms with van der Waals surface area (Å²) >= 11 is 16.5. The van der Waals surface area contributed by atoms with Gasteiger partial charge in [-0.2, -0.15) is 5.10 Å². The number of carbonyl (C=O) groups excluding carboxylic acids is 2. The van der Waals surface area contributed by atoms with Gasteiger partial charge in [0.05, 0.1) is 36.5 Å². The molecule has 4 aromatic carbocycles. The van der Waals surface area contributed by atoms with Crippen molar-refractivity contribution in [2.75, 3.05) is 14.2 Å². The molecule has 0 spiro atoms. The number of ether oxygens (including phenoxy) is 3. The van der Waals surface area contributed by atoms with Crippen molar-refractivity contribution in [3.63, 3.8) is 0 Å². The van der Waals surface area contributed by atoms with Crippen molar-refractivity contribution >= 4 is 68.1 Å². The highest BCUT2D eigenvalue weighted by atomic mass is 79.9. The van der Waals surface area contributed by atoms with Crippen LogP contribution in [0.25, 0.3) is 22.0 Å². The predicted molar refractivity (Wildman–Crippen MR) is 167 cm³/mol. The monoisotopic (exact) mass is 665 g/mol. The van der Waals surface area contributed by atoms with Crippen LogP contribution in [0.1, 0.15) is 26.4 Å². The molecule has 0 aliphatic rings. The lowest BCUT2D eigenvalue weighted by Crippen LogP contribution is -2.19. The maximum Gasteiger partial charge on any atom is 0.343 e. The molecule has 0 atom stereocenters. The molecule has 1 aromatic heterocycles. The number of halogens is 3. The molecule has 2 N–H and O–H groups in total. The summed E-state index contributed by atoms with van der Waals surface area (Å²) in [5.41, 5.74) is 5.59. The summed E-state index contributed by atoms with van der Waals surface area (Å²) in [6.07, 6.45) is 1.44. The van der Waals surface area contributed by atoms with E-state index < -0.39 is 11.9 Å². The van der Waals surface area contributed by atoms with Gasteiger partial charge in [-0.3, -0.25) is 4.79 Å². The summed E-state index contributed by atoms with van der Waals surface area (Å²) < 4.78 is 16.8. The van der Waals surface area contributed by atoms with Gasteiger partial charge in [0, 0.05) is 26.0 Å². The van der Waals surface area contributed by atoms with Crippen molar-refractivity contribution < 1.29 is 23.8 Å². The average molecular weight is 667 g/mol. The maximum atomic E-state index is 13.3. The van der Waals surface area contributed by atoms with E-state index in [2.05, 4.69) is 31.4 Å². The fourth-order valence-corrected chi connectivity index (χ4v) is 5.38. The molecule has 0 aliphatic heterocycles. The number of hydrogen-bond donors (Lipinski definition) is 2. The molecule has 0 bridgehead atoms. The topological polar surface area (TPSA) is 102 Å². The predicted octanol–water partition coefficient (Wildman–Crippen LogP) is 7.90. The van der Waals surface area contributed by atoms with Gasteiger partial charge < -0.3 is 19.2 Å². The van der Waals surface area contributed by atoms with E-state index >= 15 is 0 Å². The Balaban J connectivity index is 1.37. The number of H-pyrrole nitrogens is 1. The Labute approximate surface area is 259 Å². The summed E-state index contributed by atoms with van der Waals surface area (Å²) in [6.45, 7) is 0. The number of rotatable bonds is 8. The first-order valence-corrected chi connectivity index (χ1v) is 14.0. The van der Waals surface area contributed by atoms with Crippen LogP contribution < -0.4 is 19.6 Å². The summed E-state index contributed by atoms with van der Waals surface area (Å²) in [5, 5.41) is 5.76. The number of amides is 1. The number of hydrogen-bond acceptors (Lipinski definition) is 6. The largest absolute Gasteiger partial charge is 0.497 e. The lowest BCUT2D eigenvalue weighted by molar-refractivity contribution is 0.0729. The number of benzene rings is 4. The molecule has 212 valence electrons. The zero-order valence-electron chi connectivity index (χ0n) is 22.2. The van der Waals surface area contributed by atoms with E-state index in [0.717, 1.165) is 9.86 Å². The van der Waals surface area contributed by atoms with E-state index in [1.165, 1.54) is 13.3 Å². The fraction of sp³-hybridized carbons (Fsp3) is 0.0645. The SMILES string of the molecule is COc1ccc(C(=O)Oc2ccc(C=NNC(=O)c3[nH]c4c(Cl)cc(Br)cc4c3-c3ccccc3Cl)cc2OC)cc1. The molecule has 0 saturated carbocycles. The van der Waals surface area contributed by atoms with Gasteiger partial charge in [-0.15, -0.1) is 0 Å². The Kier molecular flexibility index (Phi) is 8.82. The molecule has 0 fully saturated rings. The lowest BCUT2D eigenvalue weighted by atomic mass is 10.0. The molecule has 1 amide bonds. The fourth-order valence-electron chi connectivity index (χ4n) is 4.29. The Hall–Kier alpha value is -4.31. The maximum absolute atomic E-state index is 13.3. The highest BCUT2D eigenvalue weighted by molar-refractivity contribution is 9.10. The Morgan fingerprint density at radius 3 is 2.38 bits per heavy atom. The van der Waals surface area contributed by atoms with Crippen molar-refractivity contribution in [3.05, 3.63) is 110 Å². The summed E-state index contributed by atoms with van der Waals surface area (Å²) in [4.78, 5) is 29.0. The minimum absolute atomic E-state index is 0.227. The Morgan fingerprint density at radius 1 is 0.905 bits per heavy atom. The first-order valence-electron chi connectivity index (χ1n) is 12.4. The minimum Gasteiger partial charge on any atom is -0.497 e. The molecule has 5 aromatic rings. The first kappa shape index (κ1) is 29.2. The third-order valence-corrected chi connectivity index (χ3v) is 7.38. The number of hydrazone groups is 1. The van der Waals surface area contributed by atoms with Crippen molar-refractivity contribution in [1.82, 2.24) is 10.4 Å². The molecule has 0 radical (unpaired) electrons. The van der Waals surface area contributed by atoms with Gasteiger partial charge in [0.25, 0.3) is 5.91 Å².